The molecule has 3 aromatic rings. The van der Waals surface area contributed by atoms with E-state index >= 15 is 0 Å². The van der Waals surface area contributed by atoms with Crippen molar-refractivity contribution in [1.82, 2.24) is 20.2 Å². The molecule has 1 amide bonds. The van der Waals surface area contributed by atoms with Crippen molar-refractivity contribution >= 4 is 16.9 Å². The zero-order valence-corrected chi connectivity index (χ0v) is 17.2. The number of likely N-dealkylation sites (tertiary alicyclic amines) is 1. The van der Waals surface area contributed by atoms with Crippen molar-refractivity contribution in [2.24, 2.45) is 0 Å². The highest BCUT2D eigenvalue weighted by Crippen LogP contribution is 2.19. The number of piperidine rings is 1. The number of hydrogen-bond donors (Lipinski definition) is 2. The van der Waals surface area contributed by atoms with Gasteiger partial charge < -0.3 is 10.3 Å². The van der Waals surface area contributed by atoms with Crippen molar-refractivity contribution in [1.29, 1.82) is 0 Å². The fraction of sp³-hybridized carbons (Fsp3) is 0.417. The van der Waals surface area contributed by atoms with Crippen molar-refractivity contribution in [3.63, 3.8) is 0 Å². The van der Waals surface area contributed by atoms with E-state index in [2.05, 4.69) is 51.4 Å². The van der Waals surface area contributed by atoms with E-state index in [1.54, 1.807) is 0 Å². The first-order valence-corrected chi connectivity index (χ1v) is 10.7. The summed E-state index contributed by atoms with van der Waals surface area (Å²) < 4.78 is 0. The average Bonchev–Trinajstić information content (AvgIpc) is 3.16. The highest BCUT2D eigenvalue weighted by atomic mass is 16.1. The number of rotatable bonds is 7. The normalized spacial score (nSPS) is 17.5. The van der Waals surface area contributed by atoms with Gasteiger partial charge in [0.15, 0.2) is 0 Å². The van der Waals surface area contributed by atoms with Gasteiger partial charge in [0, 0.05) is 32.0 Å². The molecule has 1 aromatic heterocycles. The van der Waals surface area contributed by atoms with E-state index in [-0.39, 0.29) is 5.91 Å². The van der Waals surface area contributed by atoms with Gasteiger partial charge in [-0.25, -0.2) is 4.98 Å². The number of imidazole rings is 1. The second-order valence-corrected chi connectivity index (χ2v) is 8.11. The van der Waals surface area contributed by atoms with Gasteiger partial charge in [-0.3, -0.25) is 9.69 Å². The number of carbonyl (C=O) groups is 1. The summed E-state index contributed by atoms with van der Waals surface area (Å²) in [6, 6.07) is 17.2. The van der Waals surface area contributed by atoms with Crippen LogP contribution in [0.3, 0.4) is 0 Å². The molecule has 152 valence electrons. The monoisotopic (exact) mass is 390 g/mol. The zero-order valence-electron chi connectivity index (χ0n) is 17.2. The molecule has 0 unspecified atom stereocenters. The highest BCUT2D eigenvalue weighted by Gasteiger charge is 2.17. The fourth-order valence-corrected chi connectivity index (χ4v) is 4.03. The Morgan fingerprint density at radius 2 is 1.93 bits per heavy atom. The van der Waals surface area contributed by atoms with Crippen LogP contribution < -0.4 is 5.32 Å². The molecule has 0 spiro atoms. The van der Waals surface area contributed by atoms with E-state index in [1.807, 2.05) is 24.3 Å². The molecule has 29 heavy (non-hydrogen) atoms. The van der Waals surface area contributed by atoms with Crippen LogP contribution in [0, 0.1) is 0 Å². The lowest BCUT2D eigenvalue weighted by molar-refractivity contribution is -0.121. The van der Waals surface area contributed by atoms with E-state index in [1.165, 1.54) is 31.4 Å². The van der Waals surface area contributed by atoms with Gasteiger partial charge in [0.05, 0.1) is 11.0 Å². The maximum Gasteiger partial charge on any atom is 0.220 e. The Hall–Kier alpha value is -2.66. The summed E-state index contributed by atoms with van der Waals surface area (Å²) in [5.41, 5.74) is 4.44. The number of aromatic amines is 1. The van der Waals surface area contributed by atoms with Gasteiger partial charge >= 0.3 is 0 Å². The molecule has 0 saturated carbocycles. The molecule has 5 heteroatoms. The number of aryl methyl sites for hydroxylation is 1. The summed E-state index contributed by atoms with van der Waals surface area (Å²) in [5, 5.41) is 3.02. The molecule has 0 aliphatic carbocycles. The Balaban J connectivity index is 1.22. The Morgan fingerprint density at radius 1 is 1.14 bits per heavy atom. The average molecular weight is 391 g/mol. The fourth-order valence-electron chi connectivity index (χ4n) is 4.03. The Labute approximate surface area is 172 Å². The molecule has 1 aliphatic rings. The lowest BCUT2D eigenvalue weighted by atomic mass is 10.0. The summed E-state index contributed by atoms with van der Waals surface area (Å²) in [6.45, 7) is 5.11. The maximum atomic E-state index is 12.2. The SMILES string of the molecule is C[C@@H]1CCCCN1Cc1ccc(CNC(=O)CCc2nc3ccccc3[nH]2)cc1. The minimum atomic E-state index is 0.0525. The van der Waals surface area contributed by atoms with Crippen LogP contribution in [-0.4, -0.2) is 33.4 Å². The lowest BCUT2D eigenvalue weighted by Crippen LogP contribution is -2.36. The van der Waals surface area contributed by atoms with Crippen molar-refractivity contribution in [2.75, 3.05) is 6.54 Å². The van der Waals surface area contributed by atoms with E-state index in [0.717, 1.165) is 29.0 Å². The van der Waals surface area contributed by atoms with Crippen LogP contribution >= 0.6 is 0 Å². The third kappa shape index (κ3) is 5.24. The number of nitrogens with zero attached hydrogens (tertiary/aromatic N) is 2. The topological polar surface area (TPSA) is 61.0 Å². The van der Waals surface area contributed by atoms with Gasteiger partial charge in [-0.05, 0) is 49.6 Å². The van der Waals surface area contributed by atoms with Gasteiger partial charge in [-0.15, -0.1) is 0 Å². The second-order valence-electron chi connectivity index (χ2n) is 8.11. The minimum Gasteiger partial charge on any atom is -0.352 e. The molecular weight excluding hydrogens is 360 g/mol. The first-order valence-electron chi connectivity index (χ1n) is 10.7. The molecule has 4 rings (SSSR count). The smallest absolute Gasteiger partial charge is 0.220 e. The first kappa shape index (κ1) is 19.6. The molecule has 0 radical (unpaired) electrons. The molecule has 1 saturated heterocycles. The van der Waals surface area contributed by atoms with Crippen LogP contribution in [0.15, 0.2) is 48.5 Å². The maximum absolute atomic E-state index is 12.2. The minimum absolute atomic E-state index is 0.0525. The van der Waals surface area contributed by atoms with Crippen LogP contribution in [0.2, 0.25) is 0 Å². The van der Waals surface area contributed by atoms with Gasteiger partial charge in [0.1, 0.15) is 5.82 Å². The number of nitrogens with one attached hydrogen (secondary N) is 2. The van der Waals surface area contributed by atoms with Crippen LogP contribution in [0.5, 0.6) is 0 Å². The second kappa shape index (κ2) is 9.23. The van der Waals surface area contributed by atoms with Crippen LogP contribution in [0.1, 0.15) is 49.6 Å². The predicted molar refractivity (Wildman–Crippen MR) is 116 cm³/mol. The van der Waals surface area contributed by atoms with Crippen LogP contribution in [-0.2, 0) is 24.3 Å². The molecule has 0 bridgehead atoms. The van der Waals surface area contributed by atoms with Crippen LogP contribution in [0.25, 0.3) is 11.0 Å². The summed E-state index contributed by atoms with van der Waals surface area (Å²) in [7, 11) is 0. The number of amides is 1. The first-order chi connectivity index (χ1) is 14.2. The highest BCUT2D eigenvalue weighted by molar-refractivity contribution is 5.77. The third-order valence-electron chi connectivity index (χ3n) is 5.87. The molecule has 2 aromatic carbocycles. The summed E-state index contributed by atoms with van der Waals surface area (Å²) in [6.07, 6.45) is 5.02. The number of para-hydroxylation sites is 2. The van der Waals surface area contributed by atoms with E-state index in [4.69, 9.17) is 0 Å². The Morgan fingerprint density at radius 3 is 2.72 bits per heavy atom. The number of benzene rings is 2. The lowest BCUT2D eigenvalue weighted by Gasteiger charge is -2.33. The molecule has 1 atom stereocenters. The van der Waals surface area contributed by atoms with Crippen molar-refractivity contribution in [3.05, 3.63) is 65.5 Å². The van der Waals surface area contributed by atoms with Crippen LogP contribution in [0.4, 0.5) is 0 Å². The summed E-state index contributed by atoms with van der Waals surface area (Å²) >= 11 is 0. The Bertz CT molecular complexity index is 914. The van der Waals surface area contributed by atoms with Gasteiger partial charge in [0.25, 0.3) is 0 Å². The molecule has 2 heterocycles. The molecular formula is C24H30N4O. The number of aromatic nitrogens is 2. The summed E-state index contributed by atoms with van der Waals surface area (Å²) in [4.78, 5) is 22.6. The summed E-state index contributed by atoms with van der Waals surface area (Å²) in [5.74, 6) is 0.911. The van der Waals surface area contributed by atoms with Gasteiger partial charge in [0.2, 0.25) is 5.91 Å². The van der Waals surface area contributed by atoms with Crippen molar-refractivity contribution < 1.29 is 4.79 Å². The largest absolute Gasteiger partial charge is 0.352 e. The quantitative estimate of drug-likeness (QED) is 0.636. The molecule has 1 aliphatic heterocycles. The Kier molecular flexibility index (Phi) is 6.25. The van der Waals surface area contributed by atoms with Gasteiger partial charge in [-0.1, -0.05) is 42.8 Å². The van der Waals surface area contributed by atoms with E-state index in [9.17, 15) is 4.79 Å². The number of carbonyl (C=O) groups excluding carboxylic acids is 1. The van der Waals surface area contributed by atoms with Gasteiger partial charge in [-0.2, -0.15) is 0 Å². The number of hydrogen-bond acceptors (Lipinski definition) is 3. The molecule has 2 N–H and O–H groups in total. The van der Waals surface area contributed by atoms with E-state index < -0.39 is 0 Å². The molecule has 5 nitrogen and oxygen atoms in total. The zero-order chi connectivity index (χ0) is 20.1. The van der Waals surface area contributed by atoms with Crippen molar-refractivity contribution in [2.45, 2.75) is 58.2 Å². The number of H-pyrrole nitrogens is 1. The standard InChI is InChI=1S/C24H30N4O/c1-18-6-4-5-15-28(18)17-20-11-9-19(10-12-20)16-25-24(29)14-13-23-26-21-7-2-3-8-22(21)27-23/h2-3,7-12,18H,4-6,13-17H2,1H3,(H,25,29)(H,26,27)/t18-/m1/s1. The number of fused-ring (bicyclic) bond motifs is 1. The predicted octanol–water partition coefficient (Wildman–Crippen LogP) is 4.19. The van der Waals surface area contributed by atoms with Crippen molar-refractivity contribution in [3.8, 4) is 0 Å². The molecule has 1 fully saturated rings. The third-order valence-corrected chi connectivity index (χ3v) is 5.87. The van der Waals surface area contributed by atoms with E-state index in [0.29, 0.717) is 25.4 Å².